The highest BCUT2D eigenvalue weighted by molar-refractivity contribution is 7.97. The number of anilines is 1. The average molecular weight is 311 g/mol. The van der Waals surface area contributed by atoms with Gasteiger partial charge in [-0.3, -0.25) is 9.93 Å². The number of aromatic amines is 1. The largest absolute Gasteiger partial charge is 0.359 e. The van der Waals surface area contributed by atoms with Crippen molar-refractivity contribution in [1.29, 1.82) is 0 Å². The first-order valence-corrected chi connectivity index (χ1v) is 8.37. The maximum Gasteiger partial charge on any atom is 0.256 e. The smallest absolute Gasteiger partial charge is 0.256 e. The van der Waals surface area contributed by atoms with Crippen molar-refractivity contribution < 1.29 is 4.79 Å². The fourth-order valence-electron chi connectivity index (χ4n) is 3.25. The number of amides is 1. The molecule has 1 aromatic carbocycles. The molecule has 0 bridgehead atoms. The number of hydrogen-bond donors (Lipinski definition) is 3. The standard InChI is InChI=1S/C17H17N3OS/c18-22-12-5-6-16-13(9-12)14(17(21)20-16)8-11-7-10-3-1-2-4-15(10)19-11/h5-9,19H,1-4,18H2,(H,20,21)/b14-8-. The summed E-state index contributed by atoms with van der Waals surface area (Å²) >= 11 is 1.19. The van der Waals surface area contributed by atoms with Crippen LogP contribution in [0.4, 0.5) is 5.69 Å². The predicted molar refractivity (Wildman–Crippen MR) is 90.4 cm³/mol. The Labute approximate surface area is 133 Å². The Morgan fingerprint density at radius 1 is 1.18 bits per heavy atom. The van der Waals surface area contributed by atoms with Gasteiger partial charge < -0.3 is 10.3 Å². The molecule has 0 saturated carbocycles. The van der Waals surface area contributed by atoms with Gasteiger partial charge in [-0.25, -0.2) is 0 Å². The van der Waals surface area contributed by atoms with Crippen LogP contribution < -0.4 is 10.5 Å². The number of carbonyl (C=O) groups excluding carboxylic acids is 1. The Morgan fingerprint density at radius 3 is 2.86 bits per heavy atom. The van der Waals surface area contributed by atoms with Crippen LogP contribution in [0.3, 0.4) is 0 Å². The van der Waals surface area contributed by atoms with Gasteiger partial charge in [0.2, 0.25) is 0 Å². The molecule has 0 atom stereocenters. The van der Waals surface area contributed by atoms with E-state index in [1.807, 2.05) is 24.3 Å². The van der Waals surface area contributed by atoms with Crippen molar-refractivity contribution in [3.05, 3.63) is 46.8 Å². The number of fused-ring (bicyclic) bond motifs is 2. The second-order valence-electron chi connectivity index (χ2n) is 5.77. The number of rotatable bonds is 2. The van der Waals surface area contributed by atoms with E-state index in [4.69, 9.17) is 5.14 Å². The zero-order valence-corrected chi connectivity index (χ0v) is 12.9. The van der Waals surface area contributed by atoms with Crippen LogP contribution in [0.2, 0.25) is 0 Å². The van der Waals surface area contributed by atoms with E-state index in [2.05, 4.69) is 16.4 Å². The molecule has 2 aliphatic rings. The molecule has 5 heteroatoms. The number of benzene rings is 1. The number of H-pyrrole nitrogens is 1. The lowest BCUT2D eigenvalue weighted by Crippen LogP contribution is -2.03. The number of aryl methyl sites for hydroxylation is 2. The molecule has 0 saturated heterocycles. The molecule has 4 nitrogen and oxygen atoms in total. The zero-order valence-electron chi connectivity index (χ0n) is 12.1. The van der Waals surface area contributed by atoms with Crippen LogP contribution in [-0.2, 0) is 17.6 Å². The van der Waals surface area contributed by atoms with Crippen LogP contribution in [0.1, 0.15) is 35.4 Å². The summed E-state index contributed by atoms with van der Waals surface area (Å²) in [6, 6.07) is 7.96. The van der Waals surface area contributed by atoms with Gasteiger partial charge in [-0.1, -0.05) is 0 Å². The topological polar surface area (TPSA) is 70.9 Å². The van der Waals surface area contributed by atoms with Gasteiger partial charge in [-0.2, -0.15) is 0 Å². The second-order valence-corrected chi connectivity index (χ2v) is 6.48. The first-order valence-electron chi connectivity index (χ1n) is 7.49. The fraction of sp³-hybridized carbons (Fsp3) is 0.235. The monoisotopic (exact) mass is 311 g/mol. The van der Waals surface area contributed by atoms with Crippen LogP contribution in [-0.4, -0.2) is 10.9 Å². The van der Waals surface area contributed by atoms with E-state index in [0.29, 0.717) is 5.57 Å². The van der Waals surface area contributed by atoms with E-state index in [1.165, 1.54) is 36.0 Å². The molecule has 0 fully saturated rings. The molecule has 0 spiro atoms. The normalized spacial score (nSPS) is 18.2. The third-order valence-electron chi connectivity index (χ3n) is 4.35. The summed E-state index contributed by atoms with van der Waals surface area (Å²) in [4.78, 5) is 16.7. The molecule has 2 aromatic rings. The van der Waals surface area contributed by atoms with Crippen molar-refractivity contribution in [3.8, 4) is 0 Å². The summed E-state index contributed by atoms with van der Waals surface area (Å²) in [5, 5.41) is 8.54. The third kappa shape index (κ3) is 2.26. The quantitative estimate of drug-likeness (QED) is 0.588. The highest BCUT2D eigenvalue weighted by Gasteiger charge is 2.24. The van der Waals surface area contributed by atoms with Crippen molar-refractivity contribution in [2.75, 3.05) is 5.32 Å². The van der Waals surface area contributed by atoms with Crippen molar-refractivity contribution in [2.45, 2.75) is 30.6 Å². The van der Waals surface area contributed by atoms with Crippen LogP contribution in [0.25, 0.3) is 11.6 Å². The van der Waals surface area contributed by atoms with Gasteiger partial charge in [-0.05, 0) is 73.5 Å². The van der Waals surface area contributed by atoms with Crippen molar-refractivity contribution >= 4 is 35.2 Å². The van der Waals surface area contributed by atoms with Crippen molar-refractivity contribution in [3.63, 3.8) is 0 Å². The minimum atomic E-state index is -0.0539. The average Bonchev–Trinajstić information content (AvgIpc) is 3.08. The Kier molecular flexibility index (Phi) is 3.32. The summed E-state index contributed by atoms with van der Waals surface area (Å²) in [5.74, 6) is -0.0539. The predicted octanol–water partition coefficient (Wildman–Crippen LogP) is 3.35. The van der Waals surface area contributed by atoms with Crippen LogP contribution in [0.5, 0.6) is 0 Å². The Morgan fingerprint density at radius 2 is 2.05 bits per heavy atom. The van der Waals surface area contributed by atoms with Crippen LogP contribution >= 0.6 is 11.9 Å². The van der Waals surface area contributed by atoms with E-state index < -0.39 is 0 Å². The second kappa shape index (κ2) is 5.34. The number of carbonyl (C=O) groups is 1. The van der Waals surface area contributed by atoms with E-state index >= 15 is 0 Å². The maximum atomic E-state index is 12.2. The third-order valence-corrected chi connectivity index (χ3v) is 4.87. The number of nitrogens with one attached hydrogen (secondary N) is 2. The molecular weight excluding hydrogens is 294 g/mol. The van der Waals surface area contributed by atoms with Gasteiger partial charge >= 0.3 is 0 Å². The molecule has 1 aliphatic heterocycles. The Balaban J connectivity index is 1.76. The number of hydrogen-bond acceptors (Lipinski definition) is 3. The van der Waals surface area contributed by atoms with E-state index in [-0.39, 0.29) is 5.91 Å². The first kappa shape index (κ1) is 13.7. The summed E-state index contributed by atoms with van der Waals surface area (Å²) in [6.07, 6.45) is 6.68. The summed E-state index contributed by atoms with van der Waals surface area (Å²) in [5.41, 5.74) is 6.20. The van der Waals surface area contributed by atoms with Gasteiger partial charge in [0.05, 0.1) is 5.57 Å². The molecule has 0 unspecified atom stereocenters. The molecule has 22 heavy (non-hydrogen) atoms. The molecular formula is C17H17N3OS. The number of aromatic nitrogens is 1. The summed E-state index contributed by atoms with van der Waals surface area (Å²) in [6.45, 7) is 0. The molecule has 1 aromatic heterocycles. The first-order chi connectivity index (χ1) is 10.7. The van der Waals surface area contributed by atoms with Crippen molar-refractivity contribution in [1.82, 2.24) is 4.98 Å². The number of nitrogens with two attached hydrogens (primary N) is 1. The van der Waals surface area contributed by atoms with Crippen molar-refractivity contribution in [2.24, 2.45) is 5.14 Å². The molecule has 0 radical (unpaired) electrons. The molecule has 4 rings (SSSR count). The van der Waals surface area contributed by atoms with Gasteiger partial charge in [0.15, 0.2) is 0 Å². The van der Waals surface area contributed by atoms with Crippen LogP contribution in [0.15, 0.2) is 29.2 Å². The van der Waals surface area contributed by atoms with Gasteiger partial charge in [0.1, 0.15) is 0 Å². The maximum absolute atomic E-state index is 12.2. The lowest BCUT2D eigenvalue weighted by molar-refractivity contribution is -0.110. The lowest BCUT2D eigenvalue weighted by Gasteiger charge is -2.08. The van der Waals surface area contributed by atoms with E-state index in [1.54, 1.807) is 0 Å². The Bertz CT molecular complexity index is 768. The Hall–Kier alpha value is -1.98. The molecule has 1 aliphatic carbocycles. The minimum absolute atomic E-state index is 0.0539. The highest BCUT2D eigenvalue weighted by atomic mass is 32.2. The molecule has 112 valence electrons. The molecule has 2 heterocycles. The minimum Gasteiger partial charge on any atom is -0.359 e. The SMILES string of the molecule is NSc1ccc2c(c1)/C(=C/c1cc3c([nH]1)CCCC3)C(=O)N2. The van der Waals surface area contributed by atoms with E-state index in [9.17, 15) is 4.79 Å². The van der Waals surface area contributed by atoms with Gasteiger partial charge in [0.25, 0.3) is 5.91 Å². The summed E-state index contributed by atoms with van der Waals surface area (Å²) in [7, 11) is 0. The highest BCUT2D eigenvalue weighted by Crippen LogP contribution is 2.35. The van der Waals surface area contributed by atoms with E-state index in [0.717, 1.165) is 34.7 Å². The molecule has 1 amide bonds. The fourth-order valence-corrected chi connectivity index (χ4v) is 3.58. The van der Waals surface area contributed by atoms with Crippen LogP contribution in [0, 0.1) is 0 Å². The zero-order chi connectivity index (χ0) is 15.1. The van der Waals surface area contributed by atoms with Gasteiger partial charge in [0, 0.05) is 27.5 Å². The lowest BCUT2D eigenvalue weighted by atomic mass is 9.98. The van der Waals surface area contributed by atoms with Gasteiger partial charge in [-0.15, -0.1) is 0 Å². The molecule has 4 N–H and O–H groups in total. The summed E-state index contributed by atoms with van der Waals surface area (Å²) < 4.78 is 0.